The van der Waals surface area contributed by atoms with Crippen LogP contribution < -0.4 is 24.8 Å². The topological polar surface area (TPSA) is 81.7 Å². The van der Waals surface area contributed by atoms with Crippen molar-refractivity contribution < 1.29 is 19.0 Å². The Balaban J connectivity index is 1.58. The first-order chi connectivity index (χ1) is 14.1. The number of ether oxygens (including phenoxy) is 3. The molecule has 1 heterocycles. The van der Waals surface area contributed by atoms with Gasteiger partial charge >= 0.3 is 0 Å². The quantitative estimate of drug-likeness (QED) is 0.601. The summed E-state index contributed by atoms with van der Waals surface area (Å²) in [6.07, 6.45) is 1.88. The van der Waals surface area contributed by atoms with Gasteiger partial charge < -0.3 is 24.8 Å². The predicted octanol–water partition coefficient (Wildman–Crippen LogP) is 4.03. The number of hydrogen-bond acceptors (Lipinski definition) is 6. The number of aromatic nitrogens is 1. The van der Waals surface area contributed by atoms with Crippen molar-refractivity contribution in [3.05, 3.63) is 66.4 Å². The monoisotopic (exact) mass is 393 g/mol. The van der Waals surface area contributed by atoms with E-state index >= 15 is 0 Å². The maximum atomic E-state index is 12.2. The molecule has 2 aromatic carbocycles. The molecule has 0 atom stereocenters. The molecule has 1 amide bonds. The third-order valence-corrected chi connectivity index (χ3v) is 4.23. The molecule has 0 saturated carbocycles. The number of benzene rings is 2. The van der Waals surface area contributed by atoms with Crippen molar-refractivity contribution in [2.24, 2.45) is 0 Å². The highest BCUT2D eigenvalue weighted by Gasteiger charge is 2.07. The Kier molecular flexibility index (Phi) is 6.52. The molecule has 3 rings (SSSR count). The number of anilines is 3. The number of nitrogens with one attached hydrogen (secondary N) is 2. The number of nitrogens with zero attached hydrogens (tertiary/aromatic N) is 1. The molecular weight excluding hydrogens is 370 g/mol. The first kappa shape index (κ1) is 20.0. The van der Waals surface area contributed by atoms with Gasteiger partial charge in [0.05, 0.1) is 39.6 Å². The number of amides is 1. The second-order valence-corrected chi connectivity index (χ2v) is 6.20. The SMILES string of the molecule is COc1ccc(CC(=O)Nc2ccc(Nc3ccc(OC)c(OC)c3)nc2)cc1. The molecule has 29 heavy (non-hydrogen) atoms. The minimum absolute atomic E-state index is 0.113. The van der Waals surface area contributed by atoms with Gasteiger partial charge in [0.25, 0.3) is 0 Å². The molecule has 0 aliphatic carbocycles. The van der Waals surface area contributed by atoms with Gasteiger partial charge in [-0.1, -0.05) is 12.1 Å². The third kappa shape index (κ3) is 5.38. The maximum Gasteiger partial charge on any atom is 0.228 e. The lowest BCUT2D eigenvalue weighted by molar-refractivity contribution is -0.115. The van der Waals surface area contributed by atoms with Crippen LogP contribution in [0.25, 0.3) is 0 Å². The molecule has 2 N–H and O–H groups in total. The van der Waals surface area contributed by atoms with E-state index in [-0.39, 0.29) is 12.3 Å². The first-order valence-electron chi connectivity index (χ1n) is 8.99. The number of pyridine rings is 1. The summed E-state index contributed by atoms with van der Waals surface area (Å²) in [6, 6.07) is 16.5. The molecule has 0 fully saturated rings. The summed E-state index contributed by atoms with van der Waals surface area (Å²) in [6.45, 7) is 0. The van der Waals surface area contributed by atoms with Gasteiger partial charge in [0.15, 0.2) is 11.5 Å². The van der Waals surface area contributed by atoms with Crippen LogP contribution in [0.5, 0.6) is 17.2 Å². The second kappa shape index (κ2) is 9.45. The largest absolute Gasteiger partial charge is 0.497 e. The van der Waals surface area contributed by atoms with Gasteiger partial charge in [-0.25, -0.2) is 4.98 Å². The lowest BCUT2D eigenvalue weighted by Crippen LogP contribution is -2.14. The lowest BCUT2D eigenvalue weighted by atomic mass is 10.1. The van der Waals surface area contributed by atoms with Crippen molar-refractivity contribution in [2.45, 2.75) is 6.42 Å². The molecule has 150 valence electrons. The standard InChI is InChI=1S/C22H23N3O4/c1-27-18-8-4-15(5-9-18)12-22(26)25-17-7-11-21(23-14-17)24-16-6-10-19(28-2)20(13-16)29-3/h4-11,13-14H,12H2,1-3H3,(H,23,24)(H,25,26). The highest BCUT2D eigenvalue weighted by atomic mass is 16.5. The number of rotatable bonds is 8. The number of methoxy groups -OCH3 is 3. The molecule has 1 aromatic heterocycles. The average Bonchev–Trinajstić information content (AvgIpc) is 2.75. The van der Waals surface area contributed by atoms with Gasteiger partial charge in [0, 0.05) is 11.8 Å². The normalized spacial score (nSPS) is 10.2. The van der Waals surface area contributed by atoms with Crippen LogP contribution in [-0.4, -0.2) is 32.2 Å². The minimum atomic E-state index is -0.113. The van der Waals surface area contributed by atoms with E-state index in [2.05, 4.69) is 15.6 Å². The van der Waals surface area contributed by atoms with Gasteiger partial charge in [0.1, 0.15) is 11.6 Å². The Hall–Kier alpha value is -3.74. The summed E-state index contributed by atoms with van der Waals surface area (Å²) in [5.41, 5.74) is 2.34. The van der Waals surface area contributed by atoms with Crippen LogP contribution in [0.4, 0.5) is 17.2 Å². The van der Waals surface area contributed by atoms with Crippen LogP contribution in [0.2, 0.25) is 0 Å². The van der Waals surface area contributed by atoms with E-state index in [4.69, 9.17) is 14.2 Å². The van der Waals surface area contributed by atoms with E-state index in [1.165, 1.54) is 0 Å². The molecule has 7 nitrogen and oxygen atoms in total. The third-order valence-electron chi connectivity index (χ3n) is 4.23. The Morgan fingerprint density at radius 1 is 0.862 bits per heavy atom. The van der Waals surface area contributed by atoms with Crippen LogP contribution >= 0.6 is 0 Å². The van der Waals surface area contributed by atoms with E-state index in [1.54, 1.807) is 39.7 Å². The van der Waals surface area contributed by atoms with E-state index in [1.807, 2.05) is 42.5 Å². The highest BCUT2D eigenvalue weighted by molar-refractivity contribution is 5.92. The average molecular weight is 393 g/mol. The zero-order chi connectivity index (χ0) is 20.6. The fourth-order valence-corrected chi connectivity index (χ4v) is 2.74. The van der Waals surface area contributed by atoms with Crippen LogP contribution in [-0.2, 0) is 11.2 Å². The van der Waals surface area contributed by atoms with Crippen molar-refractivity contribution in [3.8, 4) is 17.2 Å². The molecule has 7 heteroatoms. The van der Waals surface area contributed by atoms with Gasteiger partial charge in [-0.3, -0.25) is 4.79 Å². The smallest absolute Gasteiger partial charge is 0.228 e. The molecule has 0 aliphatic heterocycles. The van der Waals surface area contributed by atoms with Gasteiger partial charge in [0.2, 0.25) is 5.91 Å². The summed E-state index contributed by atoms with van der Waals surface area (Å²) >= 11 is 0. The van der Waals surface area contributed by atoms with Gasteiger partial charge in [-0.05, 0) is 42.0 Å². The van der Waals surface area contributed by atoms with E-state index in [0.29, 0.717) is 23.0 Å². The van der Waals surface area contributed by atoms with Crippen LogP contribution in [0.3, 0.4) is 0 Å². The summed E-state index contributed by atoms with van der Waals surface area (Å²) < 4.78 is 15.7. The maximum absolute atomic E-state index is 12.2. The molecule has 3 aromatic rings. The Morgan fingerprint density at radius 2 is 1.59 bits per heavy atom. The Bertz CT molecular complexity index is 957. The molecule has 0 unspecified atom stereocenters. The molecule has 0 radical (unpaired) electrons. The molecule has 0 saturated heterocycles. The van der Waals surface area contributed by atoms with Gasteiger partial charge in [-0.2, -0.15) is 0 Å². The lowest BCUT2D eigenvalue weighted by Gasteiger charge is -2.11. The molecular formula is C22H23N3O4. The highest BCUT2D eigenvalue weighted by Crippen LogP contribution is 2.30. The van der Waals surface area contributed by atoms with E-state index in [0.717, 1.165) is 17.0 Å². The number of hydrogen-bond donors (Lipinski definition) is 2. The Labute approximate surface area is 169 Å². The number of carbonyl (C=O) groups is 1. The van der Waals surface area contributed by atoms with Crippen LogP contribution in [0.15, 0.2) is 60.8 Å². The summed E-state index contributed by atoms with van der Waals surface area (Å²) in [7, 11) is 4.79. The van der Waals surface area contributed by atoms with Crippen LogP contribution in [0, 0.1) is 0 Å². The fraction of sp³-hybridized carbons (Fsp3) is 0.182. The van der Waals surface area contributed by atoms with Crippen molar-refractivity contribution in [1.82, 2.24) is 4.98 Å². The summed E-state index contributed by atoms with van der Waals surface area (Å²) in [4.78, 5) is 16.6. The molecule has 0 spiro atoms. The van der Waals surface area contributed by atoms with Gasteiger partial charge in [-0.15, -0.1) is 0 Å². The molecule has 0 aliphatic rings. The van der Waals surface area contributed by atoms with Crippen molar-refractivity contribution in [1.29, 1.82) is 0 Å². The van der Waals surface area contributed by atoms with Crippen molar-refractivity contribution >= 4 is 23.1 Å². The van der Waals surface area contributed by atoms with Crippen LogP contribution in [0.1, 0.15) is 5.56 Å². The number of carbonyl (C=O) groups excluding carboxylic acids is 1. The minimum Gasteiger partial charge on any atom is -0.497 e. The van der Waals surface area contributed by atoms with E-state index < -0.39 is 0 Å². The molecule has 0 bridgehead atoms. The fourth-order valence-electron chi connectivity index (χ4n) is 2.74. The zero-order valence-corrected chi connectivity index (χ0v) is 16.6. The second-order valence-electron chi connectivity index (χ2n) is 6.20. The predicted molar refractivity (Wildman–Crippen MR) is 112 cm³/mol. The Morgan fingerprint density at radius 3 is 2.21 bits per heavy atom. The first-order valence-corrected chi connectivity index (χ1v) is 8.99. The van der Waals surface area contributed by atoms with Crippen molar-refractivity contribution in [2.75, 3.05) is 32.0 Å². The van der Waals surface area contributed by atoms with E-state index in [9.17, 15) is 4.79 Å². The summed E-state index contributed by atoms with van der Waals surface area (Å²) in [5, 5.41) is 6.04. The zero-order valence-electron chi connectivity index (χ0n) is 16.6. The summed E-state index contributed by atoms with van der Waals surface area (Å²) in [5.74, 6) is 2.57. The van der Waals surface area contributed by atoms with Crippen molar-refractivity contribution in [3.63, 3.8) is 0 Å².